The predicted molar refractivity (Wildman–Crippen MR) is 42.5 cm³/mol. The summed E-state index contributed by atoms with van der Waals surface area (Å²) >= 11 is 0. The number of rotatable bonds is 2. The van der Waals surface area contributed by atoms with Gasteiger partial charge in [0.25, 0.3) is 0 Å². The molecule has 0 aromatic carbocycles. The van der Waals surface area contributed by atoms with Crippen molar-refractivity contribution in [1.82, 2.24) is 9.55 Å². The molecule has 0 aliphatic carbocycles. The van der Waals surface area contributed by atoms with E-state index in [2.05, 4.69) is 4.98 Å². The summed E-state index contributed by atoms with van der Waals surface area (Å²) in [6.45, 7) is 2.35. The highest BCUT2D eigenvalue weighted by Crippen LogP contribution is 2.06. The highest BCUT2D eigenvalue weighted by Gasteiger charge is 2.13. The fraction of sp³-hybridized carbons (Fsp3) is 0.625. The number of nitrogens with zero attached hydrogens (tertiary/aromatic N) is 2. The average molecular weight is 168 g/mol. The molecule has 4 nitrogen and oxygen atoms in total. The Balaban J connectivity index is 1.86. The first-order chi connectivity index (χ1) is 5.95. The zero-order valence-electron chi connectivity index (χ0n) is 6.85. The van der Waals surface area contributed by atoms with Crippen LogP contribution in [-0.2, 0) is 16.0 Å². The SMILES string of the molecule is c1cn(CC2OCCCO2)cn1. The van der Waals surface area contributed by atoms with Crippen molar-refractivity contribution in [1.29, 1.82) is 0 Å². The number of imidazole rings is 1. The highest BCUT2D eigenvalue weighted by molar-refractivity contribution is 4.74. The Morgan fingerprint density at radius 3 is 2.92 bits per heavy atom. The maximum absolute atomic E-state index is 5.38. The summed E-state index contributed by atoms with van der Waals surface area (Å²) in [4.78, 5) is 3.94. The van der Waals surface area contributed by atoms with Gasteiger partial charge in [-0.15, -0.1) is 0 Å². The van der Waals surface area contributed by atoms with Crippen molar-refractivity contribution in [3.63, 3.8) is 0 Å². The van der Waals surface area contributed by atoms with Gasteiger partial charge in [-0.2, -0.15) is 0 Å². The standard InChI is InChI=1S/C8H12N2O2/c1-4-11-8(12-5-1)6-10-3-2-9-7-10/h2-3,7-8H,1,4-6H2. The molecule has 0 radical (unpaired) electrons. The second-order valence-corrected chi connectivity index (χ2v) is 2.78. The third-order valence-electron chi connectivity index (χ3n) is 1.82. The van der Waals surface area contributed by atoms with Gasteiger partial charge >= 0.3 is 0 Å². The van der Waals surface area contributed by atoms with Crippen LogP contribution < -0.4 is 0 Å². The lowest BCUT2D eigenvalue weighted by Gasteiger charge is -2.23. The molecule has 0 bridgehead atoms. The summed E-state index contributed by atoms with van der Waals surface area (Å²) in [7, 11) is 0. The van der Waals surface area contributed by atoms with E-state index in [0.29, 0.717) is 0 Å². The molecular weight excluding hydrogens is 156 g/mol. The Morgan fingerprint density at radius 2 is 2.25 bits per heavy atom. The molecule has 1 aromatic heterocycles. The first-order valence-corrected chi connectivity index (χ1v) is 4.14. The number of aromatic nitrogens is 2. The van der Waals surface area contributed by atoms with Gasteiger partial charge in [0.15, 0.2) is 6.29 Å². The number of hydrogen-bond acceptors (Lipinski definition) is 3. The summed E-state index contributed by atoms with van der Waals surface area (Å²) in [5.41, 5.74) is 0. The molecular formula is C8H12N2O2. The largest absolute Gasteiger partial charge is 0.351 e. The summed E-state index contributed by atoms with van der Waals surface area (Å²) in [5.74, 6) is 0. The first-order valence-electron chi connectivity index (χ1n) is 4.14. The molecule has 1 aliphatic heterocycles. The molecule has 0 saturated carbocycles. The molecule has 4 heteroatoms. The quantitative estimate of drug-likeness (QED) is 0.650. The summed E-state index contributed by atoms with van der Waals surface area (Å²) < 4.78 is 12.7. The van der Waals surface area contributed by atoms with Gasteiger partial charge in [0.05, 0.1) is 26.1 Å². The summed E-state index contributed by atoms with van der Waals surface area (Å²) in [5, 5.41) is 0. The smallest absolute Gasteiger partial charge is 0.175 e. The molecule has 0 unspecified atom stereocenters. The van der Waals surface area contributed by atoms with Crippen LogP contribution in [0.1, 0.15) is 6.42 Å². The van der Waals surface area contributed by atoms with E-state index in [4.69, 9.17) is 9.47 Å². The van der Waals surface area contributed by atoms with E-state index in [1.165, 1.54) is 0 Å². The topological polar surface area (TPSA) is 36.3 Å². The van der Waals surface area contributed by atoms with E-state index < -0.39 is 0 Å². The highest BCUT2D eigenvalue weighted by atomic mass is 16.7. The Bertz CT molecular complexity index is 217. The summed E-state index contributed by atoms with van der Waals surface area (Å²) in [6, 6.07) is 0. The van der Waals surface area contributed by atoms with Crippen LogP contribution >= 0.6 is 0 Å². The van der Waals surface area contributed by atoms with Crippen LogP contribution in [0.4, 0.5) is 0 Å². The van der Waals surface area contributed by atoms with Crippen molar-refractivity contribution in [2.45, 2.75) is 19.3 Å². The van der Waals surface area contributed by atoms with Gasteiger partial charge in [0.2, 0.25) is 0 Å². The Hall–Kier alpha value is -0.870. The van der Waals surface area contributed by atoms with E-state index in [0.717, 1.165) is 26.2 Å². The maximum Gasteiger partial charge on any atom is 0.175 e. The lowest BCUT2D eigenvalue weighted by atomic mass is 10.4. The van der Waals surface area contributed by atoms with Crippen LogP contribution in [0, 0.1) is 0 Å². The van der Waals surface area contributed by atoms with Crippen LogP contribution in [0.15, 0.2) is 18.7 Å². The zero-order valence-corrected chi connectivity index (χ0v) is 6.85. The monoisotopic (exact) mass is 168 g/mol. The van der Waals surface area contributed by atoms with Crippen LogP contribution in [0.3, 0.4) is 0 Å². The van der Waals surface area contributed by atoms with Crippen molar-refractivity contribution in [3.05, 3.63) is 18.7 Å². The minimum Gasteiger partial charge on any atom is -0.351 e. The van der Waals surface area contributed by atoms with Crippen molar-refractivity contribution in [3.8, 4) is 0 Å². The second-order valence-electron chi connectivity index (χ2n) is 2.78. The van der Waals surface area contributed by atoms with Gasteiger partial charge in [-0.1, -0.05) is 0 Å². The molecule has 66 valence electrons. The van der Waals surface area contributed by atoms with Crippen molar-refractivity contribution in [2.75, 3.05) is 13.2 Å². The molecule has 1 aromatic rings. The van der Waals surface area contributed by atoms with E-state index in [9.17, 15) is 0 Å². The van der Waals surface area contributed by atoms with Crippen LogP contribution in [0.25, 0.3) is 0 Å². The lowest BCUT2D eigenvalue weighted by molar-refractivity contribution is -0.184. The third-order valence-corrected chi connectivity index (χ3v) is 1.82. The molecule has 1 aliphatic rings. The van der Waals surface area contributed by atoms with E-state index in [1.54, 1.807) is 12.5 Å². The van der Waals surface area contributed by atoms with Gasteiger partial charge in [-0.25, -0.2) is 4.98 Å². The predicted octanol–water partition coefficient (Wildman–Crippen LogP) is 0.646. The van der Waals surface area contributed by atoms with Crippen LogP contribution in [0.5, 0.6) is 0 Å². The van der Waals surface area contributed by atoms with Crippen LogP contribution in [-0.4, -0.2) is 29.1 Å². The van der Waals surface area contributed by atoms with E-state index in [1.807, 2.05) is 10.8 Å². The maximum atomic E-state index is 5.38. The fourth-order valence-corrected chi connectivity index (χ4v) is 1.21. The normalized spacial score (nSPS) is 19.7. The minimum absolute atomic E-state index is 0.0899. The molecule has 2 rings (SSSR count). The molecule has 0 atom stereocenters. The van der Waals surface area contributed by atoms with Crippen LogP contribution in [0.2, 0.25) is 0 Å². The molecule has 2 heterocycles. The second kappa shape index (κ2) is 3.69. The lowest BCUT2D eigenvalue weighted by Crippen LogP contribution is -2.28. The van der Waals surface area contributed by atoms with Crippen molar-refractivity contribution < 1.29 is 9.47 Å². The Kier molecular flexibility index (Phi) is 2.39. The zero-order chi connectivity index (χ0) is 8.23. The summed E-state index contributed by atoms with van der Waals surface area (Å²) in [6.07, 6.45) is 6.33. The molecule has 1 saturated heterocycles. The third kappa shape index (κ3) is 1.84. The van der Waals surface area contributed by atoms with Gasteiger partial charge < -0.3 is 14.0 Å². The number of hydrogen-bond donors (Lipinski definition) is 0. The minimum atomic E-state index is -0.0899. The van der Waals surface area contributed by atoms with E-state index in [-0.39, 0.29) is 6.29 Å². The average Bonchev–Trinajstić information content (AvgIpc) is 2.59. The molecule has 0 amide bonds. The van der Waals surface area contributed by atoms with Gasteiger partial charge in [-0.05, 0) is 6.42 Å². The van der Waals surface area contributed by atoms with Crippen molar-refractivity contribution >= 4 is 0 Å². The Labute approximate surface area is 71.1 Å². The van der Waals surface area contributed by atoms with Crippen molar-refractivity contribution in [2.24, 2.45) is 0 Å². The molecule has 0 spiro atoms. The van der Waals surface area contributed by atoms with Gasteiger partial charge in [0, 0.05) is 12.4 Å². The number of ether oxygens (including phenoxy) is 2. The van der Waals surface area contributed by atoms with Gasteiger partial charge in [0.1, 0.15) is 0 Å². The fourth-order valence-electron chi connectivity index (χ4n) is 1.21. The van der Waals surface area contributed by atoms with Gasteiger partial charge in [-0.3, -0.25) is 0 Å². The molecule has 12 heavy (non-hydrogen) atoms. The Morgan fingerprint density at radius 1 is 1.42 bits per heavy atom. The first kappa shape index (κ1) is 7.76. The molecule has 1 fully saturated rings. The molecule has 0 N–H and O–H groups in total. The van der Waals surface area contributed by atoms with E-state index >= 15 is 0 Å².